The molecule has 0 heterocycles. The van der Waals surface area contributed by atoms with Gasteiger partial charge in [0.1, 0.15) is 11.6 Å². The summed E-state index contributed by atoms with van der Waals surface area (Å²) in [4.78, 5) is 12.0. The van der Waals surface area contributed by atoms with Gasteiger partial charge in [-0.15, -0.1) is 0 Å². The summed E-state index contributed by atoms with van der Waals surface area (Å²) in [7, 11) is 0. The molecule has 1 aromatic carbocycles. The van der Waals surface area contributed by atoms with Crippen molar-refractivity contribution in [3.63, 3.8) is 0 Å². The van der Waals surface area contributed by atoms with E-state index in [1.165, 1.54) is 12.1 Å². The van der Waals surface area contributed by atoms with Crippen molar-refractivity contribution in [2.75, 3.05) is 0 Å². The van der Waals surface area contributed by atoms with E-state index < -0.39 is 5.82 Å². The largest absolute Gasteiger partial charge is 0.325 e. The Hall–Kier alpha value is -0.930. The topological polar surface area (TPSA) is 43.1 Å². The van der Waals surface area contributed by atoms with Crippen LogP contribution in [0.5, 0.6) is 0 Å². The van der Waals surface area contributed by atoms with E-state index in [4.69, 9.17) is 17.3 Å². The molecule has 1 aliphatic rings. The van der Waals surface area contributed by atoms with Gasteiger partial charge in [-0.05, 0) is 30.5 Å². The first-order valence-corrected chi connectivity index (χ1v) is 6.61. The summed E-state index contributed by atoms with van der Waals surface area (Å²) in [6, 6.07) is 4.39. The van der Waals surface area contributed by atoms with E-state index in [1.54, 1.807) is 6.07 Å². The lowest BCUT2D eigenvalue weighted by atomic mass is 9.90. The molecule has 0 saturated heterocycles. The molecular formula is C14H17ClFNO. The molecule has 0 aliphatic heterocycles. The van der Waals surface area contributed by atoms with Crippen molar-refractivity contribution in [3.8, 4) is 0 Å². The van der Waals surface area contributed by atoms with Crippen LogP contribution in [0.2, 0.25) is 5.02 Å². The Morgan fingerprint density at radius 1 is 1.39 bits per heavy atom. The number of ketones is 1. The molecule has 0 unspecified atom stereocenters. The lowest BCUT2D eigenvalue weighted by molar-refractivity contribution is -0.119. The molecular weight excluding hydrogens is 253 g/mol. The molecule has 1 aromatic rings. The van der Waals surface area contributed by atoms with Crippen molar-refractivity contribution in [2.24, 2.45) is 5.73 Å². The summed E-state index contributed by atoms with van der Waals surface area (Å²) in [6.45, 7) is 0. The van der Waals surface area contributed by atoms with Crippen LogP contribution in [-0.4, -0.2) is 11.3 Å². The zero-order chi connectivity index (χ0) is 13.2. The van der Waals surface area contributed by atoms with Crippen LogP contribution in [0, 0.1) is 5.82 Å². The Balaban J connectivity index is 1.96. The monoisotopic (exact) mass is 269 g/mol. The van der Waals surface area contributed by atoms with Gasteiger partial charge < -0.3 is 5.73 Å². The lowest BCUT2D eigenvalue weighted by Gasteiger charge is -2.22. The number of rotatable bonds is 4. The first-order chi connectivity index (χ1) is 8.48. The third kappa shape index (κ3) is 3.30. The second-order valence-corrected chi connectivity index (χ2v) is 5.62. The van der Waals surface area contributed by atoms with Gasteiger partial charge in [0.2, 0.25) is 0 Å². The van der Waals surface area contributed by atoms with Gasteiger partial charge in [-0.2, -0.15) is 0 Å². The molecule has 0 aromatic heterocycles. The molecule has 0 amide bonds. The standard InChI is InChI=1S/C14H17ClFNO/c15-12-8-10(3-4-13(12)16)7-11(18)9-14(17)5-1-2-6-14/h3-4,8H,1-2,5-7,9,17H2. The van der Waals surface area contributed by atoms with Crippen LogP contribution >= 0.6 is 11.6 Å². The van der Waals surface area contributed by atoms with Crippen LogP contribution in [0.1, 0.15) is 37.7 Å². The molecule has 2 nitrogen and oxygen atoms in total. The summed E-state index contributed by atoms with van der Waals surface area (Å²) in [5, 5.41) is 0.0589. The number of hydrogen-bond acceptors (Lipinski definition) is 2. The van der Waals surface area contributed by atoms with Crippen molar-refractivity contribution in [2.45, 2.75) is 44.1 Å². The minimum Gasteiger partial charge on any atom is -0.325 e. The van der Waals surface area contributed by atoms with Crippen molar-refractivity contribution < 1.29 is 9.18 Å². The number of halogens is 2. The van der Waals surface area contributed by atoms with Crippen molar-refractivity contribution >= 4 is 17.4 Å². The van der Waals surface area contributed by atoms with Crippen LogP contribution in [0.25, 0.3) is 0 Å². The van der Waals surface area contributed by atoms with Gasteiger partial charge in [-0.25, -0.2) is 4.39 Å². The number of carbonyl (C=O) groups excluding carboxylic acids is 1. The zero-order valence-corrected chi connectivity index (χ0v) is 11.0. The van der Waals surface area contributed by atoms with Crippen molar-refractivity contribution in [1.29, 1.82) is 0 Å². The molecule has 2 N–H and O–H groups in total. The smallest absolute Gasteiger partial charge is 0.141 e. The minimum atomic E-state index is -0.459. The highest BCUT2D eigenvalue weighted by atomic mass is 35.5. The number of hydrogen-bond donors (Lipinski definition) is 1. The van der Waals surface area contributed by atoms with Crippen molar-refractivity contribution in [1.82, 2.24) is 0 Å². The predicted molar refractivity (Wildman–Crippen MR) is 70.1 cm³/mol. The molecule has 0 atom stereocenters. The summed E-state index contributed by atoms with van der Waals surface area (Å²) >= 11 is 5.68. The maximum Gasteiger partial charge on any atom is 0.141 e. The molecule has 1 fully saturated rings. The van der Waals surface area contributed by atoms with Gasteiger partial charge in [0.25, 0.3) is 0 Å². The Morgan fingerprint density at radius 2 is 2.06 bits per heavy atom. The molecule has 0 spiro atoms. The minimum absolute atomic E-state index is 0.0589. The number of benzene rings is 1. The second kappa shape index (κ2) is 5.37. The third-order valence-electron chi connectivity index (χ3n) is 3.53. The van der Waals surface area contributed by atoms with Gasteiger partial charge in [-0.1, -0.05) is 30.5 Å². The van der Waals surface area contributed by atoms with Crippen LogP contribution in [0.15, 0.2) is 18.2 Å². The highest BCUT2D eigenvalue weighted by molar-refractivity contribution is 6.30. The lowest BCUT2D eigenvalue weighted by Crippen LogP contribution is -2.39. The van der Waals surface area contributed by atoms with Crippen molar-refractivity contribution in [3.05, 3.63) is 34.6 Å². The maximum atomic E-state index is 13.0. The highest BCUT2D eigenvalue weighted by Crippen LogP contribution is 2.30. The average Bonchev–Trinajstić information content (AvgIpc) is 2.70. The Labute approximate surface area is 111 Å². The number of Topliss-reactive ketones (excluding diaryl/α,β-unsaturated/α-hetero) is 1. The van der Waals surface area contributed by atoms with Crippen LogP contribution in [0.4, 0.5) is 4.39 Å². The molecule has 4 heteroatoms. The Kier molecular flexibility index (Phi) is 4.03. The van der Waals surface area contributed by atoms with Gasteiger partial charge in [0, 0.05) is 18.4 Å². The molecule has 98 valence electrons. The first-order valence-electron chi connectivity index (χ1n) is 6.23. The molecule has 2 rings (SSSR count). The third-order valence-corrected chi connectivity index (χ3v) is 3.82. The van der Waals surface area contributed by atoms with E-state index in [9.17, 15) is 9.18 Å². The first kappa shape index (κ1) is 13.5. The second-order valence-electron chi connectivity index (χ2n) is 5.21. The van der Waals surface area contributed by atoms with Gasteiger partial charge in [-0.3, -0.25) is 4.79 Å². The van der Waals surface area contributed by atoms with E-state index in [1.807, 2.05) is 0 Å². The van der Waals surface area contributed by atoms with E-state index >= 15 is 0 Å². The fraction of sp³-hybridized carbons (Fsp3) is 0.500. The summed E-state index contributed by atoms with van der Waals surface area (Å²) < 4.78 is 13.0. The normalized spacial score (nSPS) is 17.9. The Bertz CT molecular complexity index is 455. The summed E-state index contributed by atoms with van der Waals surface area (Å²) in [5.74, 6) is -0.360. The molecule has 0 radical (unpaired) electrons. The predicted octanol–water partition coefficient (Wildman–Crippen LogP) is 3.25. The van der Waals surface area contributed by atoms with E-state index in [2.05, 4.69) is 0 Å². The highest BCUT2D eigenvalue weighted by Gasteiger charge is 2.31. The van der Waals surface area contributed by atoms with Crippen LogP contribution in [0.3, 0.4) is 0 Å². The fourth-order valence-corrected chi connectivity index (χ4v) is 2.79. The molecule has 1 saturated carbocycles. The van der Waals surface area contributed by atoms with Crippen LogP contribution < -0.4 is 5.73 Å². The average molecular weight is 270 g/mol. The van der Waals surface area contributed by atoms with Crippen LogP contribution in [-0.2, 0) is 11.2 Å². The Morgan fingerprint density at radius 3 is 2.67 bits per heavy atom. The maximum absolute atomic E-state index is 13.0. The fourth-order valence-electron chi connectivity index (χ4n) is 2.59. The van der Waals surface area contributed by atoms with E-state index in [0.717, 1.165) is 31.2 Å². The quantitative estimate of drug-likeness (QED) is 0.912. The molecule has 0 bridgehead atoms. The molecule has 18 heavy (non-hydrogen) atoms. The van der Waals surface area contributed by atoms with E-state index in [-0.39, 0.29) is 22.8 Å². The SMILES string of the molecule is NC1(CC(=O)Cc2ccc(F)c(Cl)c2)CCCC1. The van der Waals surface area contributed by atoms with Gasteiger partial charge in [0.15, 0.2) is 0 Å². The number of carbonyl (C=O) groups is 1. The zero-order valence-electron chi connectivity index (χ0n) is 10.2. The van der Waals surface area contributed by atoms with Gasteiger partial charge in [0.05, 0.1) is 5.02 Å². The summed E-state index contributed by atoms with van der Waals surface area (Å²) in [5.41, 5.74) is 6.59. The van der Waals surface area contributed by atoms with E-state index in [0.29, 0.717) is 6.42 Å². The molecule has 1 aliphatic carbocycles. The number of nitrogens with two attached hydrogens (primary N) is 1. The summed E-state index contributed by atoms with van der Waals surface area (Å²) in [6.07, 6.45) is 4.73. The van der Waals surface area contributed by atoms with Gasteiger partial charge >= 0.3 is 0 Å².